The quantitative estimate of drug-likeness (QED) is 0.316. The van der Waals surface area contributed by atoms with Crippen LogP contribution in [0.25, 0.3) is 0 Å². The van der Waals surface area contributed by atoms with Gasteiger partial charge in [0.05, 0.1) is 11.7 Å². The zero-order valence-electron chi connectivity index (χ0n) is 19.5. The van der Waals surface area contributed by atoms with E-state index >= 15 is 0 Å². The van der Waals surface area contributed by atoms with E-state index in [1.54, 1.807) is 13.8 Å². The Bertz CT molecular complexity index is 1010. The molecule has 2 N–H and O–H groups in total. The van der Waals surface area contributed by atoms with E-state index in [0.29, 0.717) is 0 Å². The van der Waals surface area contributed by atoms with Crippen LogP contribution in [0.5, 0.6) is 0 Å². The highest BCUT2D eigenvalue weighted by atomic mass is 32.2. The minimum Gasteiger partial charge on any atom is -0.480 e. The van der Waals surface area contributed by atoms with Gasteiger partial charge in [-0.25, -0.2) is 15.0 Å². The fourth-order valence-electron chi connectivity index (χ4n) is 3.29. The molecule has 0 spiro atoms. The van der Waals surface area contributed by atoms with Crippen molar-refractivity contribution in [3.63, 3.8) is 0 Å². The molecule has 33 heavy (non-hydrogen) atoms. The lowest BCUT2D eigenvalue weighted by Crippen LogP contribution is -2.27. The van der Waals surface area contributed by atoms with E-state index in [4.69, 9.17) is 0 Å². The maximum atomic E-state index is 11.4. The van der Waals surface area contributed by atoms with E-state index in [1.165, 1.54) is 28.7 Å². The summed E-state index contributed by atoms with van der Waals surface area (Å²) in [5, 5.41) is 15.0. The SMILES string of the molecule is CCc1cnc(C(CCCc2ccccc2)NCCc2csc(SC(C)(C)C(=O)O)n2)nc1. The average molecular weight is 485 g/mol. The van der Waals surface area contributed by atoms with Crippen molar-refractivity contribution in [2.24, 2.45) is 0 Å². The number of aryl methyl sites for hydroxylation is 2. The van der Waals surface area contributed by atoms with Gasteiger partial charge in [0, 0.05) is 30.7 Å². The highest BCUT2D eigenvalue weighted by Crippen LogP contribution is 2.34. The van der Waals surface area contributed by atoms with Crippen molar-refractivity contribution >= 4 is 29.1 Å². The van der Waals surface area contributed by atoms with Crippen LogP contribution in [-0.4, -0.2) is 37.3 Å². The van der Waals surface area contributed by atoms with Gasteiger partial charge in [0.25, 0.3) is 0 Å². The van der Waals surface area contributed by atoms with Gasteiger partial charge < -0.3 is 10.4 Å². The Hall–Kier alpha value is -2.29. The summed E-state index contributed by atoms with van der Waals surface area (Å²) in [4.78, 5) is 25.2. The van der Waals surface area contributed by atoms with Crippen LogP contribution in [0.1, 0.15) is 62.3 Å². The van der Waals surface area contributed by atoms with Gasteiger partial charge in [0.2, 0.25) is 0 Å². The molecular formula is C25H32N4O2S2. The number of thioether (sulfide) groups is 1. The summed E-state index contributed by atoms with van der Waals surface area (Å²) in [6, 6.07) is 10.6. The summed E-state index contributed by atoms with van der Waals surface area (Å²) in [5.74, 6) is -0.00338. The van der Waals surface area contributed by atoms with Gasteiger partial charge in [0.15, 0.2) is 4.34 Å². The lowest BCUT2D eigenvalue weighted by molar-refractivity contribution is -0.138. The summed E-state index contributed by atoms with van der Waals surface area (Å²) >= 11 is 2.79. The molecule has 6 nitrogen and oxygen atoms in total. The molecule has 0 saturated carbocycles. The molecule has 0 amide bonds. The number of aliphatic carboxylic acids is 1. The first-order chi connectivity index (χ1) is 15.9. The van der Waals surface area contributed by atoms with Gasteiger partial charge in [-0.05, 0) is 50.7 Å². The highest BCUT2D eigenvalue weighted by Gasteiger charge is 2.29. The number of benzene rings is 1. The molecule has 0 aliphatic heterocycles. The third-order valence-corrected chi connectivity index (χ3v) is 7.58. The van der Waals surface area contributed by atoms with Crippen LogP contribution in [0.3, 0.4) is 0 Å². The second-order valence-electron chi connectivity index (χ2n) is 8.46. The molecule has 1 atom stereocenters. The van der Waals surface area contributed by atoms with Gasteiger partial charge in [-0.15, -0.1) is 11.3 Å². The summed E-state index contributed by atoms with van der Waals surface area (Å²) in [7, 11) is 0. The standard InChI is InChI=1S/C25H32N4O2S2/c1-4-18-15-27-22(28-16-18)21(12-8-11-19-9-6-5-7-10-19)26-14-13-20-17-32-24(29-20)33-25(2,3)23(30)31/h5-7,9-10,15-17,21,26H,4,8,11-14H2,1-3H3,(H,30,31). The maximum Gasteiger partial charge on any atom is 0.319 e. The number of nitrogens with one attached hydrogen (secondary N) is 1. The normalized spacial score (nSPS) is 12.6. The van der Waals surface area contributed by atoms with Gasteiger partial charge in [-0.1, -0.05) is 49.0 Å². The monoisotopic (exact) mass is 484 g/mol. The predicted molar refractivity (Wildman–Crippen MR) is 135 cm³/mol. The number of thiazole rings is 1. The van der Waals surface area contributed by atoms with Crippen molar-refractivity contribution in [2.45, 2.75) is 68.0 Å². The molecule has 0 aliphatic carbocycles. The van der Waals surface area contributed by atoms with Crippen LogP contribution in [-0.2, 0) is 24.1 Å². The molecule has 176 valence electrons. The largest absolute Gasteiger partial charge is 0.480 e. The van der Waals surface area contributed by atoms with Crippen LogP contribution >= 0.6 is 23.1 Å². The molecule has 1 unspecified atom stereocenters. The Labute approximate surface area is 204 Å². The van der Waals surface area contributed by atoms with Crippen LogP contribution in [0.15, 0.2) is 52.4 Å². The molecule has 0 fully saturated rings. The van der Waals surface area contributed by atoms with E-state index < -0.39 is 10.7 Å². The number of aromatic nitrogens is 3. The highest BCUT2D eigenvalue weighted by molar-refractivity contribution is 8.02. The molecular weight excluding hydrogens is 452 g/mol. The molecule has 0 saturated heterocycles. The molecule has 2 heterocycles. The third kappa shape index (κ3) is 7.91. The predicted octanol–water partition coefficient (Wildman–Crippen LogP) is 5.35. The fraction of sp³-hybridized carbons (Fsp3) is 0.440. The summed E-state index contributed by atoms with van der Waals surface area (Å²) in [5.41, 5.74) is 3.45. The Morgan fingerprint density at radius 1 is 1.15 bits per heavy atom. The minimum absolute atomic E-state index is 0.0815. The maximum absolute atomic E-state index is 11.4. The Kier molecular flexibility index (Phi) is 9.41. The fourth-order valence-corrected chi connectivity index (χ4v) is 5.52. The van der Waals surface area contributed by atoms with Crippen molar-refractivity contribution in [3.8, 4) is 0 Å². The average Bonchev–Trinajstić information content (AvgIpc) is 3.25. The molecule has 8 heteroatoms. The molecule has 0 aliphatic rings. The van der Waals surface area contributed by atoms with E-state index in [0.717, 1.165) is 60.1 Å². The zero-order valence-corrected chi connectivity index (χ0v) is 21.1. The van der Waals surface area contributed by atoms with Crippen LogP contribution in [0.4, 0.5) is 0 Å². The number of rotatable bonds is 13. The van der Waals surface area contributed by atoms with Crippen molar-refractivity contribution in [1.82, 2.24) is 20.3 Å². The molecule has 2 aromatic heterocycles. The van der Waals surface area contributed by atoms with E-state index in [-0.39, 0.29) is 6.04 Å². The zero-order chi connectivity index (χ0) is 23.7. The molecule has 1 aromatic carbocycles. The van der Waals surface area contributed by atoms with Crippen LogP contribution < -0.4 is 5.32 Å². The third-order valence-electron chi connectivity index (χ3n) is 5.41. The van der Waals surface area contributed by atoms with Crippen LogP contribution in [0.2, 0.25) is 0 Å². The van der Waals surface area contributed by atoms with Gasteiger partial charge in [-0.2, -0.15) is 0 Å². The number of nitrogens with zero attached hydrogens (tertiary/aromatic N) is 3. The summed E-state index contributed by atoms with van der Waals surface area (Å²) in [6.07, 6.45) is 8.55. The molecule has 0 bridgehead atoms. The first-order valence-electron chi connectivity index (χ1n) is 11.3. The topological polar surface area (TPSA) is 88.0 Å². The molecule has 3 aromatic rings. The Morgan fingerprint density at radius 2 is 1.88 bits per heavy atom. The van der Waals surface area contributed by atoms with Crippen molar-refractivity contribution < 1.29 is 9.90 Å². The van der Waals surface area contributed by atoms with Gasteiger partial charge in [0.1, 0.15) is 10.6 Å². The number of hydrogen-bond donors (Lipinski definition) is 2. The molecule has 3 rings (SSSR count). The number of carbonyl (C=O) groups is 1. The van der Waals surface area contributed by atoms with E-state index in [9.17, 15) is 9.90 Å². The van der Waals surface area contributed by atoms with Crippen molar-refractivity contribution in [1.29, 1.82) is 0 Å². The van der Waals surface area contributed by atoms with Crippen LogP contribution in [0, 0.1) is 0 Å². The van der Waals surface area contributed by atoms with E-state index in [2.05, 4.69) is 51.5 Å². The van der Waals surface area contributed by atoms with Crippen molar-refractivity contribution in [2.75, 3.05) is 6.54 Å². The molecule has 0 radical (unpaired) electrons. The first kappa shape index (κ1) is 25.3. The summed E-state index contributed by atoms with van der Waals surface area (Å²) in [6.45, 7) is 6.26. The Morgan fingerprint density at radius 3 is 2.55 bits per heavy atom. The minimum atomic E-state index is -0.890. The number of carboxylic acids is 1. The smallest absolute Gasteiger partial charge is 0.319 e. The van der Waals surface area contributed by atoms with Gasteiger partial charge in [-0.3, -0.25) is 4.79 Å². The van der Waals surface area contributed by atoms with Crippen molar-refractivity contribution in [3.05, 3.63) is 70.8 Å². The summed E-state index contributed by atoms with van der Waals surface area (Å²) < 4.78 is -0.102. The van der Waals surface area contributed by atoms with E-state index in [1.807, 2.05) is 23.8 Å². The van der Waals surface area contributed by atoms with Gasteiger partial charge >= 0.3 is 5.97 Å². The Balaban J connectivity index is 1.57. The first-order valence-corrected chi connectivity index (χ1v) is 13.0. The lowest BCUT2D eigenvalue weighted by Gasteiger charge is -2.18. The second kappa shape index (κ2) is 12.3. The second-order valence-corrected chi connectivity index (χ2v) is 11.2. The lowest BCUT2D eigenvalue weighted by atomic mass is 10.0. The number of hydrogen-bond acceptors (Lipinski definition) is 7. The number of carboxylic acid groups (broad SMARTS) is 1.